The maximum absolute atomic E-state index is 11.5. The van der Waals surface area contributed by atoms with Crippen LogP contribution >= 0.6 is 22.9 Å². The van der Waals surface area contributed by atoms with E-state index in [1.54, 1.807) is 30.7 Å². The molecule has 3 aromatic rings. The fourth-order valence-electron chi connectivity index (χ4n) is 2.69. The SMILES string of the molecule is CCOC(=O)Cc1csc(NN=Cc2ccccc2-c2ccc(Cl)c(C(=O)O)c2)n1. The lowest BCUT2D eigenvalue weighted by molar-refractivity contribution is -0.142. The number of nitrogens with zero attached hydrogens (tertiary/aromatic N) is 2. The van der Waals surface area contributed by atoms with E-state index < -0.39 is 5.97 Å². The number of benzene rings is 2. The number of nitrogens with one attached hydrogen (secondary N) is 1. The third-order valence-corrected chi connectivity index (χ3v) is 5.14. The van der Waals surface area contributed by atoms with E-state index in [1.165, 1.54) is 17.4 Å². The molecule has 30 heavy (non-hydrogen) atoms. The second kappa shape index (κ2) is 10.00. The van der Waals surface area contributed by atoms with E-state index in [0.29, 0.717) is 23.0 Å². The molecule has 0 aliphatic rings. The van der Waals surface area contributed by atoms with Crippen molar-refractivity contribution in [1.29, 1.82) is 0 Å². The highest BCUT2D eigenvalue weighted by Crippen LogP contribution is 2.27. The minimum atomic E-state index is -1.09. The molecule has 0 radical (unpaired) electrons. The largest absolute Gasteiger partial charge is 0.478 e. The Balaban J connectivity index is 1.75. The van der Waals surface area contributed by atoms with Crippen LogP contribution in [-0.2, 0) is 16.0 Å². The summed E-state index contributed by atoms with van der Waals surface area (Å²) in [4.78, 5) is 27.2. The Hall–Kier alpha value is -3.23. The number of carboxylic acid groups (broad SMARTS) is 1. The molecule has 9 heteroatoms. The number of aromatic carboxylic acids is 1. The molecule has 0 saturated carbocycles. The average Bonchev–Trinajstić information content (AvgIpc) is 3.16. The number of esters is 1. The Morgan fingerprint density at radius 2 is 2.10 bits per heavy atom. The minimum absolute atomic E-state index is 0.0379. The highest BCUT2D eigenvalue weighted by molar-refractivity contribution is 7.13. The summed E-state index contributed by atoms with van der Waals surface area (Å²) in [5.74, 6) is -1.41. The maximum atomic E-state index is 11.5. The zero-order chi connectivity index (χ0) is 21.5. The molecule has 0 bridgehead atoms. The standard InChI is InChI=1S/C21H18ClN3O4S/c1-2-29-19(26)10-15-12-30-21(24-15)25-23-11-14-5-3-4-6-16(14)13-7-8-18(22)17(9-13)20(27)28/h3-9,11-12H,2,10H2,1H3,(H,24,25)(H,27,28). The summed E-state index contributed by atoms with van der Waals surface area (Å²) in [6, 6.07) is 12.3. The van der Waals surface area contributed by atoms with Crippen LogP contribution in [0, 0.1) is 0 Å². The van der Waals surface area contributed by atoms with Crippen molar-refractivity contribution in [1.82, 2.24) is 4.98 Å². The Labute approximate surface area is 182 Å². The van der Waals surface area contributed by atoms with E-state index in [4.69, 9.17) is 16.3 Å². The Kier molecular flexibility index (Phi) is 7.16. The molecule has 1 aromatic heterocycles. The number of anilines is 1. The second-order valence-electron chi connectivity index (χ2n) is 6.08. The van der Waals surface area contributed by atoms with Crippen LogP contribution in [0.4, 0.5) is 5.13 Å². The van der Waals surface area contributed by atoms with E-state index in [-0.39, 0.29) is 23.0 Å². The van der Waals surface area contributed by atoms with Gasteiger partial charge in [-0.15, -0.1) is 11.3 Å². The highest BCUT2D eigenvalue weighted by Gasteiger charge is 2.12. The fourth-order valence-corrected chi connectivity index (χ4v) is 3.54. The van der Waals surface area contributed by atoms with Gasteiger partial charge in [0.1, 0.15) is 0 Å². The van der Waals surface area contributed by atoms with Crippen LogP contribution in [0.2, 0.25) is 5.02 Å². The number of carboxylic acids is 1. The van der Waals surface area contributed by atoms with Crippen molar-refractivity contribution < 1.29 is 19.4 Å². The van der Waals surface area contributed by atoms with E-state index >= 15 is 0 Å². The van der Waals surface area contributed by atoms with Crippen molar-refractivity contribution in [3.8, 4) is 11.1 Å². The summed E-state index contributed by atoms with van der Waals surface area (Å²) in [5, 5.41) is 16.0. The molecule has 0 aliphatic carbocycles. The van der Waals surface area contributed by atoms with Gasteiger partial charge in [-0.2, -0.15) is 5.10 Å². The van der Waals surface area contributed by atoms with Crippen molar-refractivity contribution >= 4 is 46.2 Å². The van der Waals surface area contributed by atoms with Crippen molar-refractivity contribution in [3.63, 3.8) is 0 Å². The summed E-state index contributed by atoms with van der Waals surface area (Å²) < 4.78 is 4.91. The predicted octanol–water partition coefficient (Wildman–Crippen LogP) is 4.71. The second-order valence-corrected chi connectivity index (χ2v) is 7.35. The first-order valence-corrected chi connectivity index (χ1v) is 10.2. The first-order valence-electron chi connectivity index (χ1n) is 8.99. The van der Waals surface area contributed by atoms with Gasteiger partial charge in [0, 0.05) is 10.9 Å². The smallest absolute Gasteiger partial charge is 0.337 e. The number of hydrogen-bond donors (Lipinski definition) is 2. The number of ether oxygens (including phenoxy) is 1. The summed E-state index contributed by atoms with van der Waals surface area (Å²) in [5.41, 5.74) is 5.80. The molecule has 0 unspecified atom stereocenters. The number of hydrogen-bond acceptors (Lipinski definition) is 7. The fraction of sp³-hybridized carbons (Fsp3) is 0.143. The van der Waals surface area contributed by atoms with Crippen LogP contribution in [0.5, 0.6) is 0 Å². The topological polar surface area (TPSA) is 101 Å². The molecule has 0 saturated heterocycles. The van der Waals surface area contributed by atoms with Gasteiger partial charge in [0.25, 0.3) is 0 Å². The molecular formula is C21H18ClN3O4S. The van der Waals surface area contributed by atoms with Gasteiger partial charge >= 0.3 is 11.9 Å². The Morgan fingerprint density at radius 1 is 1.30 bits per heavy atom. The molecule has 154 valence electrons. The van der Waals surface area contributed by atoms with Crippen molar-refractivity contribution in [2.75, 3.05) is 12.0 Å². The number of carbonyl (C=O) groups excluding carboxylic acids is 1. The summed E-state index contributed by atoms with van der Waals surface area (Å²) in [6.07, 6.45) is 1.73. The van der Waals surface area contributed by atoms with Crippen LogP contribution in [0.25, 0.3) is 11.1 Å². The van der Waals surface area contributed by atoms with Crippen LogP contribution in [0.3, 0.4) is 0 Å². The summed E-state index contributed by atoms with van der Waals surface area (Å²) >= 11 is 7.30. The first-order chi connectivity index (χ1) is 14.5. The number of aromatic nitrogens is 1. The number of thiazole rings is 1. The van der Waals surface area contributed by atoms with Gasteiger partial charge in [-0.1, -0.05) is 41.9 Å². The third kappa shape index (κ3) is 5.43. The van der Waals surface area contributed by atoms with E-state index in [1.807, 2.05) is 24.3 Å². The molecule has 0 amide bonds. The maximum Gasteiger partial charge on any atom is 0.337 e. The van der Waals surface area contributed by atoms with Gasteiger partial charge in [-0.05, 0) is 30.2 Å². The summed E-state index contributed by atoms with van der Waals surface area (Å²) in [6.45, 7) is 2.09. The number of halogens is 1. The van der Waals surface area contributed by atoms with E-state index in [2.05, 4.69) is 15.5 Å². The van der Waals surface area contributed by atoms with Gasteiger partial charge in [0.2, 0.25) is 5.13 Å². The number of carbonyl (C=O) groups is 2. The molecular weight excluding hydrogens is 426 g/mol. The van der Waals surface area contributed by atoms with E-state index in [0.717, 1.165) is 11.1 Å². The predicted molar refractivity (Wildman–Crippen MR) is 118 cm³/mol. The van der Waals surface area contributed by atoms with Crippen LogP contribution in [0.1, 0.15) is 28.5 Å². The van der Waals surface area contributed by atoms with Crippen molar-refractivity contribution in [2.24, 2.45) is 5.10 Å². The van der Waals surface area contributed by atoms with Crippen molar-refractivity contribution in [2.45, 2.75) is 13.3 Å². The lowest BCUT2D eigenvalue weighted by Crippen LogP contribution is -2.07. The van der Waals surface area contributed by atoms with Gasteiger partial charge in [0.05, 0.1) is 35.5 Å². The molecule has 0 spiro atoms. The zero-order valence-electron chi connectivity index (χ0n) is 16.0. The van der Waals surface area contributed by atoms with Gasteiger partial charge in [-0.25, -0.2) is 9.78 Å². The normalized spacial score (nSPS) is 10.9. The van der Waals surface area contributed by atoms with E-state index in [9.17, 15) is 14.7 Å². The molecule has 0 atom stereocenters. The first kappa shape index (κ1) is 21.5. The van der Waals surface area contributed by atoms with Crippen LogP contribution in [0.15, 0.2) is 52.9 Å². The Morgan fingerprint density at radius 3 is 2.87 bits per heavy atom. The number of hydrazone groups is 1. The quantitative estimate of drug-likeness (QED) is 0.297. The molecule has 0 fully saturated rings. The van der Waals surface area contributed by atoms with Crippen LogP contribution < -0.4 is 5.43 Å². The molecule has 7 nitrogen and oxygen atoms in total. The molecule has 0 aliphatic heterocycles. The van der Waals surface area contributed by atoms with Crippen molar-refractivity contribution in [3.05, 3.63) is 69.7 Å². The molecule has 2 N–H and O–H groups in total. The Bertz CT molecular complexity index is 1100. The number of rotatable bonds is 8. The van der Waals surface area contributed by atoms with Gasteiger partial charge in [-0.3, -0.25) is 10.2 Å². The lowest BCUT2D eigenvalue weighted by atomic mass is 9.98. The van der Waals surface area contributed by atoms with Gasteiger partial charge < -0.3 is 9.84 Å². The molecule has 3 rings (SSSR count). The van der Waals surface area contributed by atoms with Gasteiger partial charge in [0.15, 0.2) is 0 Å². The zero-order valence-corrected chi connectivity index (χ0v) is 17.5. The average molecular weight is 444 g/mol. The van der Waals surface area contributed by atoms with Crippen LogP contribution in [-0.4, -0.2) is 34.9 Å². The summed E-state index contributed by atoms with van der Waals surface area (Å²) in [7, 11) is 0. The monoisotopic (exact) mass is 443 g/mol. The minimum Gasteiger partial charge on any atom is -0.478 e. The third-order valence-electron chi connectivity index (χ3n) is 4.01. The highest BCUT2D eigenvalue weighted by atomic mass is 35.5. The lowest BCUT2D eigenvalue weighted by Gasteiger charge is -2.08. The molecule has 1 heterocycles. The molecule has 2 aromatic carbocycles.